The summed E-state index contributed by atoms with van der Waals surface area (Å²) >= 11 is 1.49. The lowest BCUT2D eigenvalue weighted by Crippen LogP contribution is -2.58. The highest BCUT2D eigenvalue weighted by atomic mass is 32.2. The molecule has 4 amide bonds. The molecule has 212 valence electrons. The summed E-state index contributed by atoms with van der Waals surface area (Å²) in [5.74, 6) is -6.12. The number of aliphatic carboxylic acids is 2. The van der Waals surface area contributed by atoms with Gasteiger partial charge in [-0.2, -0.15) is 11.8 Å². The maximum Gasteiger partial charge on any atom is 0.326 e. The number of carbonyl (C=O) groups excluding carboxylic acids is 4. The smallest absolute Gasteiger partial charge is 0.326 e. The molecule has 0 aliphatic rings. The van der Waals surface area contributed by atoms with Gasteiger partial charge in [-0.3, -0.25) is 24.0 Å². The van der Waals surface area contributed by atoms with Crippen molar-refractivity contribution in [3.05, 3.63) is 36.0 Å². The number of thioether (sulfide) groups is 1. The highest BCUT2D eigenvalue weighted by molar-refractivity contribution is 7.98. The van der Waals surface area contributed by atoms with E-state index in [4.69, 9.17) is 11.5 Å². The van der Waals surface area contributed by atoms with Crippen molar-refractivity contribution in [2.24, 2.45) is 11.5 Å². The van der Waals surface area contributed by atoms with Crippen LogP contribution in [-0.4, -0.2) is 86.9 Å². The second-order valence-electron chi connectivity index (χ2n) is 8.74. The molecule has 0 aliphatic carbocycles. The topological polar surface area (TPSA) is 247 Å². The van der Waals surface area contributed by atoms with Gasteiger partial charge in [0.15, 0.2) is 0 Å². The predicted molar refractivity (Wildman–Crippen MR) is 142 cm³/mol. The van der Waals surface area contributed by atoms with Crippen molar-refractivity contribution in [2.75, 3.05) is 12.0 Å². The maximum atomic E-state index is 13.3. The van der Waals surface area contributed by atoms with Crippen molar-refractivity contribution in [3.8, 4) is 0 Å². The first-order valence-corrected chi connectivity index (χ1v) is 13.3. The summed E-state index contributed by atoms with van der Waals surface area (Å²) in [7, 11) is 0. The second kappa shape index (κ2) is 14.7. The number of nitrogens with one attached hydrogen (secondary N) is 4. The van der Waals surface area contributed by atoms with E-state index in [1.807, 2.05) is 29.8 Å². The van der Waals surface area contributed by atoms with E-state index in [2.05, 4.69) is 15.6 Å². The van der Waals surface area contributed by atoms with Gasteiger partial charge in [0, 0.05) is 23.5 Å². The van der Waals surface area contributed by atoms with Crippen LogP contribution >= 0.6 is 11.8 Å². The van der Waals surface area contributed by atoms with Gasteiger partial charge in [0.1, 0.15) is 18.1 Å². The molecule has 0 radical (unpaired) electrons. The molecule has 39 heavy (non-hydrogen) atoms. The molecular formula is C24H32N6O8S. The van der Waals surface area contributed by atoms with E-state index in [1.54, 1.807) is 12.3 Å². The Labute approximate surface area is 227 Å². The number of hydrogen-bond acceptors (Lipinski definition) is 8. The number of aromatic amines is 1. The van der Waals surface area contributed by atoms with Crippen LogP contribution in [0.5, 0.6) is 0 Å². The Balaban J connectivity index is 2.30. The molecule has 2 aromatic rings. The first-order chi connectivity index (χ1) is 18.4. The van der Waals surface area contributed by atoms with Crippen LogP contribution in [0.3, 0.4) is 0 Å². The quantitative estimate of drug-likeness (QED) is 0.119. The number of carboxylic acids is 2. The molecule has 0 aliphatic heterocycles. The molecule has 0 bridgehead atoms. The number of hydrogen-bond donors (Lipinski definition) is 8. The normalized spacial score (nSPS) is 14.0. The molecule has 1 heterocycles. The Bertz CT molecular complexity index is 1220. The summed E-state index contributed by atoms with van der Waals surface area (Å²) in [6, 6.07) is 1.61. The van der Waals surface area contributed by atoms with Crippen LogP contribution in [0.15, 0.2) is 30.5 Å². The van der Waals surface area contributed by atoms with Gasteiger partial charge in [0.05, 0.1) is 18.9 Å². The molecule has 0 fully saturated rings. The number of benzene rings is 1. The number of nitrogens with two attached hydrogens (primary N) is 2. The molecule has 10 N–H and O–H groups in total. The zero-order valence-electron chi connectivity index (χ0n) is 21.1. The van der Waals surface area contributed by atoms with Crippen molar-refractivity contribution in [3.63, 3.8) is 0 Å². The lowest BCUT2D eigenvalue weighted by Gasteiger charge is -2.24. The zero-order valence-corrected chi connectivity index (χ0v) is 22.0. The van der Waals surface area contributed by atoms with Gasteiger partial charge in [-0.1, -0.05) is 18.2 Å². The van der Waals surface area contributed by atoms with Gasteiger partial charge >= 0.3 is 11.9 Å². The average Bonchev–Trinajstić information content (AvgIpc) is 3.28. The van der Waals surface area contributed by atoms with E-state index < -0.39 is 72.6 Å². The van der Waals surface area contributed by atoms with Crippen molar-refractivity contribution in [1.29, 1.82) is 0 Å². The van der Waals surface area contributed by atoms with Crippen molar-refractivity contribution in [2.45, 2.75) is 49.9 Å². The minimum Gasteiger partial charge on any atom is -0.481 e. The summed E-state index contributed by atoms with van der Waals surface area (Å²) < 4.78 is 0. The Morgan fingerprint density at radius 2 is 1.54 bits per heavy atom. The van der Waals surface area contributed by atoms with Gasteiger partial charge in [-0.25, -0.2) is 4.79 Å². The lowest BCUT2D eigenvalue weighted by atomic mass is 10.0. The summed E-state index contributed by atoms with van der Waals surface area (Å²) in [5.41, 5.74) is 12.4. The summed E-state index contributed by atoms with van der Waals surface area (Å²) in [6.45, 7) is 0. The number of H-pyrrole nitrogens is 1. The fourth-order valence-corrected chi connectivity index (χ4v) is 4.20. The van der Waals surface area contributed by atoms with E-state index in [0.29, 0.717) is 17.7 Å². The first kappa shape index (κ1) is 31.1. The second-order valence-corrected chi connectivity index (χ2v) is 9.73. The Morgan fingerprint density at radius 1 is 0.923 bits per heavy atom. The minimum absolute atomic E-state index is 0.0301. The summed E-state index contributed by atoms with van der Waals surface area (Å²) in [5, 5.41) is 26.2. The van der Waals surface area contributed by atoms with Crippen LogP contribution in [0, 0.1) is 0 Å². The Morgan fingerprint density at radius 3 is 2.15 bits per heavy atom. The number of carboxylic acid groups (broad SMARTS) is 2. The largest absolute Gasteiger partial charge is 0.481 e. The van der Waals surface area contributed by atoms with Gasteiger partial charge in [0.2, 0.25) is 23.6 Å². The monoisotopic (exact) mass is 564 g/mol. The van der Waals surface area contributed by atoms with E-state index in [-0.39, 0.29) is 6.42 Å². The minimum atomic E-state index is -1.74. The number of rotatable bonds is 16. The van der Waals surface area contributed by atoms with E-state index in [9.17, 15) is 39.0 Å². The van der Waals surface area contributed by atoms with Crippen LogP contribution in [-0.2, 0) is 35.2 Å². The summed E-state index contributed by atoms with van der Waals surface area (Å²) in [4.78, 5) is 75.9. The third-order valence-corrected chi connectivity index (χ3v) is 6.38. The SMILES string of the molecule is CSCCC(N)C(=O)NC(Cc1c[nH]c2ccccc12)C(=O)NC(CC(=O)O)C(=O)NC(CC(N)=O)C(=O)O. The Hall–Kier alpha value is -4.11. The zero-order chi connectivity index (χ0) is 29.1. The predicted octanol–water partition coefficient (Wildman–Crippen LogP) is -1.32. The van der Waals surface area contributed by atoms with E-state index in [1.165, 1.54) is 11.8 Å². The standard InChI is InChI=1S/C24H32N6O8S/c1-39-7-6-14(25)21(34)28-16(8-12-11-27-15-5-3-2-4-13(12)15)22(35)29-17(10-20(32)33)23(36)30-18(24(37)38)9-19(26)31/h2-5,11,14,16-18,27H,6-10,25H2,1H3,(H2,26,31)(H,28,34)(H,29,35)(H,30,36)(H,32,33)(H,37,38). The third-order valence-electron chi connectivity index (χ3n) is 5.73. The van der Waals surface area contributed by atoms with E-state index in [0.717, 1.165) is 10.9 Å². The molecule has 4 atom stereocenters. The first-order valence-electron chi connectivity index (χ1n) is 11.9. The Kier molecular flexibility index (Phi) is 11.7. The lowest BCUT2D eigenvalue weighted by molar-refractivity contribution is -0.144. The number of fused-ring (bicyclic) bond motifs is 1. The van der Waals surface area contributed by atoms with Crippen LogP contribution in [0.25, 0.3) is 10.9 Å². The molecule has 1 aromatic carbocycles. The highest BCUT2D eigenvalue weighted by Crippen LogP contribution is 2.19. The number of aromatic nitrogens is 1. The van der Waals surface area contributed by atoms with Crippen molar-refractivity contribution >= 4 is 58.2 Å². The van der Waals surface area contributed by atoms with Gasteiger partial charge < -0.3 is 42.6 Å². The third kappa shape index (κ3) is 9.61. The molecule has 15 heteroatoms. The van der Waals surface area contributed by atoms with Crippen LogP contribution in [0.1, 0.15) is 24.8 Å². The fourth-order valence-electron chi connectivity index (χ4n) is 3.71. The number of amides is 4. The van der Waals surface area contributed by atoms with Gasteiger partial charge in [0.25, 0.3) is 0 Å². The van der Waals surface area contributed by atoms with Crippen LogP contribution in [0.4, 0.5) is 0 Å². The maximum absolute atomic E-state index is 13.3. The van der Waals surface area contributed by atoms with Crippen molar-refractivity contribution < 1.29 is 39.0 Å². The molecule has 14 nitrogen and oxygen atoms in total. The van der Waals surface area contributed by atoms with Gasteiger partial charge in [-0.15, -0.1) is 0 Å². The van der Waals surface area contributed by atoms with Gasteiger partial charge in [-0.05, 0) is 30.1 Å². The number of carbonyl (C=O) groups is 6. The van der Waals surface area contributed by atoms with Crippen LogP contribution in [0.2, 0.25) is 0 Å². The van der Waals surface area contributed by atoms with E-state index >= 15 is 0 Å². The molecule has 1 aromatic heterocycles. The fraction of sp³-hybridized carbons (Fsp3) is 0.417. The van der Waals surface area contributed by atoms with Crippen molar-refractivity contribution in [1.82, 2.24) is 20.9 Å². The molecule has 0 saturated carbocycles. The highest BCUT2D eigenvalue weighted by Gasteiger charge is 2.32. The molecule has 4 unspecified atom stereocenters. The van der Waals surface area contributed by atoms with Crippen LogP contribution < -0.4 is 27.4 Å². The molecule has 0 spiro atoms. The number of para-hydroxylation sites is 1. The molecule has 2 rings (SSSR count). The molecular weight excluding hydrogens is 532 g/mol. The summed E-state index contributed by atoms with van der Waals surface area (Å²) in [6.07, 6.45) is 2.17. The average molecular weight is 565 g/mol. The number of primary amides is 1. The molecule has 0 saturated heterocycles.